The molecule has 1 nitrogen and oxygen atoms in total. The maximum Gasteiger partial charge on any atom is 0.0730 e. The van der Waals surface area contributed by atoms with E-state index in [4.69, 9.17) is 0 Å². The van der Waals surface area contributed by atoms with Crippen molar-refractivity contribution in [3.8, 4) is 0 Å². The van der Waals surface area contributed by atoms with Crippen molar-refractivity contribution >= 4 is 60.3 Å². The molecular weight excluding hydrogens is 631 g/mol. The van der Waals surface area contributed by atoms with Gasteiger partial charge in [0.1, 0.15) is 0 Å². The summed E-state index contributed by atoms with van der Waals surface area (Å²) in [6, 6.07) is 61.1. The molecule has 8 aromatic rings. The molecule has 2 heterocycles. The maximum atomic E-state index is 2.51. The number of para-hydroxylation sites is 1. The zero-order valence-electron chi connectivity index (χ0n) is 27.4. The van der Waals surface area contributed by atoms with Crippen LogP contribution in [0.1, 0.15) is 47.2 Å². The Kier molecular flexibility index (Phi) is 6.31. The minimum atomic E-state index is -0.470. The third-order valence-electron chi connectivity index (χ3n) is 10.8. The Morgan fingerprint density at radius 3 is 1.76 bits per heavy atom. The van der Waals surface area contributed by atoms with Crippen molar-refractivity contribution < 1.29 is 0 Å². The van der Waals surface area contributed by atoms with E-state index in [2.05, 4.69) is 183 Å². The zero-order chi connectivity index (χ0) is 32.7. The number of nitrogens with zero attached hydrogens (tertiary/aromatic N) is 1. The molecule has 0 atom stereocenters. The number of hydrogen-bond donors (Lipinski definition) is 0. The van der Waals surface area contributed by atoms with Gasteiger partial charge in [-0.2, -0.15) is 0 Å². The van der Waals surface area contributed by atoms with Crippen LogP contribution in [0, 0.1) is 0 Å². The second-order valence-electron chi connectivity index (χ2n) is 13.6. The first-order valence-electron chi connectivity index (χ1n) is 16.9. The second kappa shape index (κ2) is 10.7. The number of hydrogen-bond acceptors (Lipinski definition) is 3. The molecule has 234 valence electrons. The Morgan fingerprint density at radius 1 is 0.449 bits per heavy atom. The molecule has 0 unspecified atom stereocenters. The summed E-state index contributed by atoms with van der Waals surface area (Å²) in [4.78, 5) is 5.11. The summed E-state index contributed by atoms with van der Waals surface area (Å²) in [6.45, 7) is 4.78. The van der Waals surface area contributed by atoms with Gasteiger partial charge in [-0.05, 0) is 69.8 Å². The highest BCUT2D eigenvalue weighted by molar-refractivity contribution is 7.99. The standard InChI is InChI=1S/C46H33NS2/c1-45(2)33-20-7-9-22-35(33)46(36-23-10-8-21-34(36)45)37-24-11-13-29-42(37)49-44-38(46)25-15-27-40(44)47(30-16-4-3-5-17-30)39-26-14-19-32-31-18-6-12-28-41(31)48-43(32)39/h3-29H,1-2H3. The highest BCUT2D eigenvalue weighted by atomic mass is 32.2. The molecule has 0 saturated carbocycles. The van der Waals surface area contributed by atoms with Crippen molar-refractivity contribution in [2.75, 3.05) is 4.90 Å². The van der Waals surface area contributed by atoms with Gasteiger partial charge in [-0.3, -0.25) is 0 Å². The average Bonchev–Trinajstić information content (AvgIpc) is 3.54. The summed E-state index contributed by atoms with van der Waals surface area (Å²) in [5.41, 5.74) is 11.2. The van der Waals surface area contributed by atoms with Gasteiger partial charge < -0.3 is 4.90 Å². The predicted molar refractivity (Wildman–Crippen MR) is 209 cm³/mol. The topological polar surface area (TPSA) is 3.24 Å². The predicted octanol–water partition coefficient (Wildman–Crippen LogP) is 13.0. The minimum Gasteiger partial charge on any atom is -0.308 e. The van der Waals surface area contributed by atoms with E-state index in [1.54, 1.807) is 0 Å². The van der Waals surface area contributed by atoms with E-state index >= 15 is 0 Å². The quantitative estimate of drug-likeness (QED) is 0.185. The summed E-state index contributed by atoms with van der Waals surface area (Å²) in [5, 5.41) is 2.61. The van der Waals surface area contributed by atoms with Crippen LogP contribution in [0.3, 0.4) is 0 Å². The molecule has 3 heteroatoms. The largest absolute Gasteiger partial charge is 0.308 e. The van der Waals surface area contributed by atoms with Crippen LogP contribution in [0.2, 0.25) is 0 Å². The van der Waals surface area contributed by atoms with Gasteiger partial charge in [0.2, 0.25) is 0 Å². The van der Waals surface area contributed by atoms with E-state index in [1.807, 2.05) is 23.1 Å². The Morgan fingerprint density at radius 2 is 1.00 bits per heavy atom. The minimum absolute atomic E-state index is 0.136. The summed E-state index contributed by atoms with van der Waals surface area (Å²) in [6.07, 6.45) is 0. The van der Waals surface area contributed by atoms with E-state index in [9.17, 15) is 0 Å². The van der Waals surface area contributed by atoms with Crippen molar-refractivity contribution in [3.05, 3.63) is 197 Å². The van der Waals surface area contributed by atoms with Gasteiger partial charge >= 0.3 is 0 Å². The molecular formula is C46H33NS2. The summed E-state index contributed by atoms with van der Waals surface area (Å²) in [5.74, 6) is 0. The first-order valence-corrected chi connectivity index (χ1v) is 18.6. The highest BCUT2D eigenvalue weighted by Crippen LogP contribution is 2.63. The first kappa shape index (κ1) is 28.9. The van der Waals surface area contributed by atoms with Crippen molar-refractivity contribution in [2.45, 2.75) is 34.5 Å². The van der Waals surface area contributed by atoms with Crippen LogP contribution >= 0.6 is 23.1 Å². The molecule has 7 aromatic carbocycles. The van der Waals surface area contributed by atoms with Gasteiger partial charge in [-0.25, -0.2) is 0 Å². The van der Waals surface area contributed by atoms with Crippen molar-refractivity contribution in [1.29, 1.82) is 0 Å². The van der Waals surface area contributed by atoms with Crippen molar-refractivity contribution in [2.24, 2.45) is 0 Å². The molecule has 0 radical (unpaired) electrons. The van der Waals surface area contributed by atoms with Crippen LogP contribution in [-0.2, 0) is 10.8 Å². The third kappa shape index (κ3) is 3.95. The summed E-state index contributed by atoms with van der Waals surface area (Å²) in [7, 11) is 0. The van der Waals surface area contributed by atoms with Gasteiger partial charge in [0.05, 0.1) is 21.5 Å². The van der Waals surface area contributed by atoms with E-state index in [0.29, 0.717) is 0 Å². The van der Waals surface area contributed by atoms with Gasteiger partial charge in [0.25, 0.3) is 0 Å². The fourth-order valence-electron chi connectivity index (χ4n) is 8.70. The lowest BCUT2D eigenvalue weighted by molar-refractivity contribution is 0.549. The molecule has 0 fully saturated rings. The Bertz CT molecular complexity index is 2530. The monoisotopic (exact) mass is 663 g/mol. The lowest BCUT2D eigenvalue weighted by Gasteiger charge is -2.50. The number of anilines is 3. The number of thiophene rings is 1. The molecule has 2 aliphatic rings. The normalized spacial score (nSPS) is 15.0. The van der Waals surface area contributed by atoms with Gasteiger partial charge in [-0.15, -0.1) is 11.3 Å². The molecule has 0 bridgehead atoms. The molecule has 1 spiro atoms. The molecule has 0 saturated heterocycles. The molecule has 10 rings (SSSR count). The van der Waals surface area contributed by atoms with Crippen LogP contribution in [0.15, 0.2) is 174 Å². The van der Waals surface area contributed by atoms with E-state index in [0.717, 1.165) is 5.69 Å². The van der Waals surface area contributed by atoms with Crippen LogP contribution in [0.4, 0.5) is 17.1 Å². The molecule has 1 aliphatic carbocycles. The summed E-state index contributed by atoms with van der Waals surface area (Å²) >= 11 is 3.80. The average molecular weight is 664 g/mol. The van der Waals surface area contributed by atoms with Crippen LogP contribution in [0.25, 0.3) is 20.2 Å². The zero-order valence-corrected chi connectivity index (χ0v) is 29.0. The van der Waals surface area contributed by atoms with Gasteiger partial charge in [0, 0.05) is 36.4 Å². The first-order chi connectivity index (χ1) is 24.1. The summed E-state index contributed by atoms with van der Waals surface area (Å²) < 4.78 is 2.62. The molecule has 0 amide bonds. The lowest BCUT2D eigenvalue weighted by Crippen LogP contribution is -2.43. The number of benzene rings is 7. The molecule has 0 N–H and O–H groups in total. The Labute approximate surface area is 295 Å². The molecule has 49 heavy (non-hydrogen) atoms. The Hall–Kier alpha value is -5.09. The van der Waals surface area contributed by atoms with Crippen molar-refractivity contribution in [1.82, 2.24) is 0 Å². The highest BCUT2D eigenvalue weighted by Gasteiger charge is 2.52. The number of fused-ring (bicyclic) bond motifs is 11. The smallest absolute Gasteiger partial charge is 0.0730 e. The molecule has 1 aliphatic heterocycles. The SMILES string of the molecule is CC1(C)c2ccccc2C2(c3ccccc3Sc3c(N(c4ccccc4)c4cccc5c4sc4ccccc45)cccc32)c2ccccc21. The number of rotatable bonds is 3. The second-order valence-corrected chi connectivity index (χ2v) is 15.7. The fourth-order valence-corrected chi connectivity index (χ4v) is 11.2. The fraction of sp³-hybridized carbons (Fsp3) is 0.0870. The van der Waals surface area contributed by atoms with E-state index in [-0.39, 0.29) is 5.41 Å². The van der Waals surface area contributed by atoms with Gasteiger partial charge in [-0.1, -0.05) is 153 Å². The maximum absolute atomic E-state index is 2.51. The van der Waals surface area contributed by atoms with Gasteiger partial charge in [0.15, 0.2) is 0 Å². The van der Waals surface area contributed by atoms with Crippen LogP contribution in [0.5, 0.6) is 0 Å². The van der Waals surface area contributed by atoms with E-state index in [1.165, 1.54) is 74.7 Å². The van der Waals surface area contributed by atoms with Crippen LogP contribution < -0.4 is 4.90 Å². The molecule has 1 aromatic heterocycles. The van der Waals surface area contributed by atoms with E-state index < -0.39 is 5.41 Å². The third-order valence-corrected chi connectivity index (χ3v) is 13.2. The Balaban J connectivity index is 1.33. The van der Waals surface area contributed by atoms with Crippen molar-refractivity contribution in [3.63, 3.8) is 0 Å². The lowest BCUT2D eigenvalue weighted by atomic mass is 9.54. The van der Waals surface area contributed by atoms with Crippen LogP contribution in [-0.4, -0.2) is 0 Å².